The third-order valence-corrected chi connectivity index (χ3v) is 6.37. The van der Waals surface area contributed by atoms with E-state index in [0.29, 0.717) is 24.5 Å². The van der Waals surface area contributed by atoms with Gasteiger partial charge in [-0.1, -0.05) is 6.58 Å². The fraction of sp³-hybridized carbons (Fsp3) is 0.231. The molecule has 3 aromatic heterocycles. The number of carbonyl (C=O) groups excluding carboxylic acids is 1. The summed E-state index contributed by atoms with van der Waals surface area (Å²) in [5.74, 6) is 0.772. The highest BCUT2D eigenvalue weighted by molar-refractivity contribution is 5.87. The van der Waals surface area contributed by atoms with Gasteiger partial charge < -0.3 is 20.1 Å². The SMILES string of the molecule is C=CC(=O)N1CCC(c2nc(-c3ccc(Oc4cc(C(F)(F)F)ccn4)c(OC)c3)n3c(N)nccc23)C1. The summed E-state index contributed by atoms with van der Waals surface area (Å²) in [7, 11) is 1.42. The minimum Gasteiger partial charge on any atom is -0.493 e. The Bertz CT molecular complexity index is 1530. The molecule has 4 aromatic rings. The maximum absolute atomic E-state index is 13.1. The summed E-state index contributed by atoms with van der Waals surface area (Å²) in [6.45, 7) is 4.65. The highest BCUT2D eigenvalue weighted by atomic mass is 19.4. The monoisotopic (exact) mass is 524 g/mol. The lowest BCUT2D eigenvalue weighted by molar-refractivity contribution is -0.137. The number of pyridine rings is 1. The third kappa shape index (κ3) is 4.60. The van der Waals surface area contributed by atoms with Crippen LogP contribution in [0.5, 0.6) is 17.4 Å². The molecule has 1 aromatic carbocycles. The van der Waals surface area contributed by atoms with Crippen molar-refractivity contribution >= 4 is 17.4 Å². The molecule has 9 nitrogen and oxygen atoms in total. The Morgan fingerprint density at radius 2 is 1.95 bits per heavy atom. The first kappa shape index (κ1) is 25.1. The fourth-order valence-electron chi connectivity index (χ4n) is 4.54. The topological polar surface area (TPSA) is 108 Å². The molecule has 0 aliphatic carbocycles. The number of rotatable bonds is 6. The van der Waals surface area contributed by atoms with Gasteiger partial charge in [-0.05, 0) is 42.8 Å². The molecule has 4 heterocycles. The van der Waals surface area contributed by atoms with Crippen LogP contribution in [0.15, 0.2) is 61.4 Å². The zero-order valence-corrected chi connectivity index (χ0v) is 20.3. The van der Waals surface area contributed by atoms with Crippen LogP contribution in [-0.2, 0) is 11.0 Å². The predicted octanol–water partition coefficient (Wildman–Crippen LogP) is 4.70. The van der Waals surface area contributed by atoms with E-state index in [1.54, 1.807) is 33.7 Å². The van der Waals surface area contributed by atoms with Crippen LogP contribution in [0.25, 0.3) is 16.9 Å². The van der Waals surface area contributed by atoms with Gasteiger partial charge in [0.05, 0.1) is 23.9 Å². The summed E-state index contributed by atoms with van der Waals surface area (Å²) < 4.78 is 52.1. The molecular formula is C26H23F3N6O3. The smallest absolute Gasteiger partial charge is 0.416 e. The lowest BCUT2D eigenvalue weighted by Crippen LogP contribution is -2.26. The molecule has 38 heavy (non-hydrogen) atoms. The van der Waals surface area contributed by atoms with E-state index in [1.165, 1.54) is 13.2 Å². The van der Waals surface area contributed by atoms with E-state index in [1.807, 2.05) is 6.07 Å². The first-order chi connectivity index (χ1) is 18.2. The number of nitrogens with zero attached hydrogens (tertiary/aromatic N) is 5. The van der Waals surface area contributed by atoms with E-state index in [0.717, 1.165) is 36.0 Å². The molecule has 0 saturated carbocycles. The van der Waals surface area contributed by atoms with Crippen molar-refractivity contribution in [3.8, 4) is 28.8 Å². The average molecular weight is 525 g/mol. The van der Waals surface area contributed by atoms with Gasteiger partial charge in [-0.15, -0.1) is 0 Å². The normalized spacial score (nSPS) is 15.6. The third-order valence-electron chi connectivity index (χ3n) is 6.37. The van der Waals surface area contributed by atoms with Gasteiger partial charge in [0.2, 0.25) is 17.7 Å². The number of hydrogen-bond acceptors (Lipinski definition) is 7. The molecule has 0 bridgehead atoms. The lowest BCUT2D eigenvalue weighted by atomic mass is 10.0. The van der Waals surface area contributed by atoms with Crippen molar-refractivity contribution < 1.29 is 27.4 Å². The van der Waals surface area contributed by atoms with Crippen molar-refractivity contribution in [2.75, 3.05) is 25.9 Å². The number of ether oxygens (including phenoxy) is 2. The van der Waals surface area contributed by atoms with E-state index in [2.05, 4.69) is 16.5 Å². The van der Waals surface area contributed by atoms with E-state index in [-0.39, 0.29) is 35.2 Å². The fourth-order valence-corrected chi connectivity index (χ4v) is 4.54. The van der Waals surface area contributed by atoms with Gasteiger partial charge in [-0.25, -0.2) is 15.0 Å². The van der Waals surface area contributed by atoms with Gasteiger partial charge in [0.15, 0.2) is 11.5 Å². The summed E-state index contributed by atoms with van der Waals surface area (Å²) in [4.78, 5) is 26.8. The number of benzene rings is 1. The number of aromatic nitrogens is 4. The lowest BCUT2D eigenvalue weighted by Gasteiger charge is -2.13. The number of carbonyl (C=O) groups is 1. The molecule has 5 rings (SSSR count). The molecule has 1 aliphatic heterocycles. The van der Waals surface area contributed by atoms with E-state index in [4.69, 9.17) is 20.2 Å². The summed E-state index contributed by atoms with van der Waals surface area (Å²) in [6, 6.07) is 8.39. The largest absolute Gasteiger partial charge is 0.493 e. The minimum absolute atomic E-state index is 0.0130. The number of halogens is 3. The second kappa shape index (κ2) is 9.69. The predicted molar refractivity (Wildman–Crippen MR) is 133 cm³/mol. The molecule has 0 spiro atoms. The number of alkyl halides is 3. The number of nitrogens with two attached hydrogens (primary N) is 1. The maximum Gasteiger partial charge on any atom is 0.416 e. The summed E-state index contributed by atoms with van der Waals surface area (Å²) in [5, 5.41) is 0. The molecule has 2 N–H and O–H groups in total. The molecule has 1 unspecified atom stereocenters. The van der Waals surface area contributed by atoms with E-state index < -0.39 is 11.7 Å². The average Bonchev–Trinajstić information content (AvgIpc) is 3.54. The molecule has 196 valence electrons. The van der Waals surface area contributed by atoms with Crippen LogP contribution in [0.4, 0.5) is 19.1 Å². The van der Waals surface area contributed by atoms with Gasteiger partial charge in [-0.3, -0.25) is 9.20 Å². The van der Waals surface area contributed by atoms with Gasteiger partial charge in [-0.2, -0.15) is 13.2 Å². The number of amides is 1. The molecule has 1 amide bonds. The van der Waals surface area contributed by atoms with Crippen molar-refractivity contribution in [2.24, 2.45) is 0 Å². The Morgan fingerprint density at radius 3 is 2.68 bits per heavy atom. The van der Waals surface area contributed by atoms with Crippen LogP contribution in [0.1, 0.15) is 23.6 Å². The van der Waals surface area contributed by atoms with Crippen molar-refractivity contribution in [3.63, 3.8) is 0 Å². The molecule has 1 saturated heterocycles. The van der Waals surface area contributed by atoms with Crippen molar-refractivity contribution in [3.05, 3.63) is 72.7 Å². The summed E-state index contributed by atoms with van der Waals surface area (Å²) in [6.07, 6.45) is 0.123. The van der Waals surface area contributed by atoms with Crippen LogP contribution in [0, 0.1) is 0 Å². The second-order valence-corrected chi connectivity index (χ2v) is 8.67. The van der Waals surface area contributed by atoms with Gasteiger partial charge in [0.25, 0.3) is 0 Å². The number of methoxy groups -OCH3 is 1. The maximum atomic E-state index is 13.1. The van der Waals surface area contributed by atoms with Crippen LogP contribution in [-0.4, -0.2) is 50.4 Å². The molecular weight excluding hydrogens is 501 g/mol. The number of hydrogen-bond donors (Lipinski definition) is 1. The first-order valence-electron chi connectivity index (χ1n) is 11.6. The zero-order valence-electron chi connectivity index (χ0n) is 20.3. The Balaban J connectivity index is 1.52. The zero-order chi connectivity index (χ0) is 27.0. The number of imidazole rings is 1. The van der Waals surface area contributed by atoms with Crippen molar-refractivity contribution in [2.45, 2.75) is 18.5 Å². The molecule has 12 heteroatoms. The summed E-state index contributed by atoms with van der Waals surface area (Å²) in [5.41, 5.74) is 7.51. The minimum atomic E-state index is -4.53. The standard InChI is InChI=1S/C26H23F3N6O3/c1-3-22(36)34-11-8-16(14-34)23-18-7-10-32-25(30)35(18)24(33-23)15-4-5-19(20(12-15)37-2)38-21-13-17(6-9-31-21)26(27,28)29/h3-7,9-10,12-13,16H,1,8,11,14H2,2H3,(H2,30,32). The van der Waals surface area contributed by atoms with Gasteiger partial charge >= 0.3 is 6.18 Å². The van der Waals surface area contributed by atoms with Crippen LogP contribution >= 0.6 is 0 Å². The number of anilines is 1. The summed E-state index contributed by atoms with van der Waals surface area (Å²) >= 11 is 0. The highest BCUT2D eigenvalue weighted by Crippen LogP contribution is 2.39. The number of fused-ring (bicyclic) bond motifs is 1. The quantitative estimate of drug-likeness (QED) is 0.365. The van der Waals surface area contributed by atoms with Gasteiger partial charge in [0.1, 0.15) is 5.82 Å². The van der Waals surface area contributed by atoms with Crippen LogP contribution in [0.2, 0.25) is 0 Å². The Kier molecular flexibility index (Phi) is 6.39. The highest BCUT2D eigenvalue weighted by Gasteiger charge is 2.32. The molecule has 1 fully saturated rings. The van der Waals surface area contributed by atoms with Gasteiger partial charge in [0, 0.05) is 43.0 Å². The van der Waals surface area contributed by atoms with Crippen molar-refractivity contribution in [1.82, 2.24) is 24.3 Å². The van der Waals surface area contributed by atoms with Crippen molar-refractivity contribution in [1.29, 1.82) is 0 Å². The van der Waals surface area contributed by atoms with Crippen LogP contribution < -0.4 is 15.2 Å². The molecule has 1 atom stereocenters. The Labute approximate surface area is 215 Å². The first-order valence-corrected chi connectivity index (χ1v) is 11.6. The Morgan fingerprint density at radius 1 is 1.16 bits per heavy atom. The van der Waals surface area contributed by atoms with E-state index in [9.17, 15) is 18.0 Å². The second-order valence-electron chi connectivity index (χ2n) is 8.67. The Hall–Kier alpha value is -4.61. The molecule has 0 radical (unpaired) electrons. The van der Waals surface area contributed by atoms with E-state index >= 15 is 0 Å². The molecule has 1 aliphatic rings. The van der Waals surface area contributed by atoms with Crippen LogP contribution in [0.3, 0.4) is 0 Å². The number of likely N-dealkylation sites (tertiary alicyclic amines) is 1. The number of nitrogen functional groups attached to an aromatic ring is 1.